The number of oxazole rings is 1. The second-order valence-corrected chi connectivity index (χ2v) is 4.52. The molecule has 3 rings (SSSR count). The summed E-state index contributed by atoms with van der Waals surface area (Å²) in [4.78, 5) is 36.4. The number of imide groups is 1. The molecule has 10 nitrogen and oxygen atoms in total. The Balaban J connectivity index is 1.74. The highest BCUT2D eigenvalue weighted by atomic mass is 16.6. The molecule has 1 saturated heterocycles. The number of hydrazone groups is 1. The molecule has 1 N–H and O–H groups in total. The molecule has 1 fully saturated rings. The SMILES string of the molecule is O=C1CN(/N=C/c2ncc(-c3ccc([N+](=O)[O-])cc3)o2)C(=O)N1. The lowest BCUT2D eigenvalue weighted by molar-refractivity contribution is -0.384. The number of benzene rings is 1. The van der Waals surface area contributed by atoms with Gasteiger partial charge < -0.3 is 4.42 Å². The molecule has 3 amide bonds. The number of aromatic nitrogens is 1. The van der Waals surface area contributed by atoms with Gasteiger partial charge in [0.25, 0.3) is 5.69 Å². The quantitative estimate of drug-likeness (QED) is 0.389. The van der Waals surface area contributed by atoms with Crippen LogP contribution in [0.4, 0.5) is 10.5 Å². The standard InChI is InChI=1S/C13H9N5O5/c19-11-7-17(13(20)16-11)15-6-12-14-5-10(23-12)8-1-3-9(4-2-8)18(21)22/h1-6H,7H2,(H,16,19,20)/b15-6+. The lowest BCUT2D eigenvalue weighted by Gasteiger charge is -2.02. The fourth-order valence-corrected chi connectivity index (χ4v) is 1.87. The average molecular weight is 315 g/mol. The van der Waals surface area contributed by atoms with Crippen molar-refractivity contribution in [2.75, 3.05) is 6.54 Å². The van der Waals surface area contributed by atoms with Gasteiger partial charge >= 0.3 is 6.03 Å². The third kappa shape index (κ3) is 3.05. The number of carbonyl (C=O) groups is 2. The molecule has 1 aliphatic heterocycles. The number of nitro groups is 1. The van der Waals surface area contributed by atoms with E-state index in [0.717, 1.165) is 5.01 Å². The van der Waals surface area contributed by atoms with Crippen LogP contribution in [0.3, 0.4) is 0 Å². The number of hydrogen-bond donors (Lipinski definition) is 1. The predicted octanol–water partition coefficient (Wildman–Crippen LogP) is 1.14. The molecule has 0 saturated carbocycles. The zero-order chi connectivity index (χ0) is 16.4. The lowest BCUT2D eigenvalue weighted by atomic mass is 10.2. The van der Waals surface area contributed by atoms with Gasteiger partial charge in [-0.05, 0) is 12.1 Å². The lowest BCUT2D eigenvalue weighted by Crippen LogP contribution is -2.24. The van der Waals surface area contributed by atoms with E-state index in [2.05, 4.69) is 15.4 Å². The Hall–Kier alpha value is -3.56. The number of nitro benzene ring substituents is 1. The summed E-state index contributed by atoms with van der Waals surface area (Å²) in [6, 6.07) is 5.16. The van der Waals surface area contributed by atoms with E-state index in [0.29, 0.717) is 11.3 Å². The van der Waals surface area contributed by atoms with Crippen molar-refractivity contribution in [3.05, 3.63) is 46.5 Å². The maximum Gasteiger partial charge on any atom is 0.344 e. The van der Waals surface area contributed by atoms with Crippen LogP contribution in [0, 0.1) is 10.1 Å². The molecule has 1 aromatic carbocycles. The molecule has 2 aromatic rings. The number of carbonyl (C=O) groups excluding carboxylic acids is 2. The van der Waals surface area contributed by atoms with Gasteiger partial charge in [-0.25, -0.2) is 14.8 Å². The highest BCUT2D eigenvalue weighted by Gasteiger charge is 2.26. The number of nitrogens with zero attached hydrogens (tertiary/aromatic N) is 4. The molecule has 0 aliphatic carbocycles. The van der Waals surface area contributed by atoms with Gasteiger partial charge in [-0.2, -0.15) is 5.10 Å². The minimum atomic E-state index is -0.617. The van der Waals surface area contributed by atoms with Crippen LogP contribution in [0.5, 0.6) is 0 Å². The first-order valence-electron chi connectivity index (χ1n) is 6.39. The summed E-state index contributed by atoms with van der Waals surface area (Å²) in [6.07, 6.45) is 2.63. The topological polar surface area (TPSA) is 131 Å². The summed E-state index contributed by atoms with van der Waals surface area (Å²) in [5.41, 5.74) is 0.580. The van der Waals surface area contributed by atoms with Crippen molar-refractivity contribution < 1.29 is 18.9 Å². The van der Waals surface area contributed by atoms with Crippen molar-refractivity contribution in [2.24, 2.45) is 5.10 Å². The van der Waals surface area contributed by atoms with Gasteiger partial charge in [0.15, 0.2) is 5.76 Å². The van der Waals surface area contributed by atoms with Gasteiger partial charge in [0, 0.05) is 17.7 Å². The fourth-order valence-electron chi connectivity index (χ4n) is 1.87. The highest BCUT2D eigenvalue weighted by Crippen LogP contribution is 2.22. The van der Waals surface area contributed by atoms with Crippen LogP contribution < -0.4 is 5.32 Å². The van der Waals surface area contributed by atoms with Crippen LogP contribution in [0.25, 0.3) is 11.3 Å². The van der Waals surface area contributed by atoms with Crippen LogP contribution in [0.1, 0.15) is 5.89 Å². The summed E-state index contributed by atoms with van der Waals surface area (Å²) >= 11 is 0. The molecule has 23 heavy (non-hydrogen) atoms. The number of urea groups is 1. The molecular formula is C13H9N5O5. The van der Waals surface area contributed by atoms with Gasteiger partial charge in [-0.3, -0.25) is 20.2 Å². The highest BCUT2D eigenvalue weighted by molar-refractivity contribution is 6.02. The molecule has 0 unspecified atom stereocenters. The molecule has 1 aliphatic rings. The van der Waals surface area contributed by atoms with Crippen molar-refractivity contribution in [3.63, 3.8) is 0 Å². The van der Waals surface area contributed by atoms with Gasteiger partial charge in [0.05, 0.1) is 11.1 Å². The molecule has 0 atom stereocenters. The zero-order valence-corrected chi connectivity index (χ0v) is 11.5. The van der Waals surface area contributed by atoms with Crippen LogP contribution in [0.2, 0.25) is 0 Å². The van der Waals surface area contributed by atoms with Gasteiger partial charge in [-0.15, -0.1) is 0 Å². The third-order valence-electron chi connectivity index (χ3n) is 2.97. The normalized spacial score (nSPS) is 14.5. The Morgan fingerprint density at radius 1 is 1.35 bits per heavy atom. The number of hydrogen-bond acceptors (Lipinski definition) is 7. The van der Waals surface area contributed by atoms with Gasteiger partial charge in [0.2, 0.25) is 11.8 Å². The smallest absolute Gasteiger partial charge is 0.344 e. The summed E-state index contributed by atoms with van der Waals surface area (Å²) in [5, 5.41) is 17.4. The van der Waals surface area contributed by atoms with E-state index >= 15 is 0 Å². The second kappa shape index (κ2) is 5.67. The van der Waals surface area contributed by atoms with Crippen molar-refractivity contribution >= 4 is 23.8 Å². The Bertz CT molecular complexity index is 810. The number of amides is 3. The van der Waals surface area contributed by atoms with Gasteiger partial charge in [-0.1, -0.05) is 0 Å². The molecule has 0 radical (unpaired) electrons. The maximum absolute atomic E-state index is 11.3. The summed E-state index contributed by atoms with van der Waals surface area (Å²) < 4.78 is 5.42. The minimum Gasteiger partial charge on any atom is -0.435 e. The molecular weight excluding hydrogens is 306 g/mol. The Morgan fingerprint density at radius 2 is 2.09 bits per heavy atom. The Morgan fingerprint density at radius 3 is 2.70 bits per heavy atom. The molecule has 1 aromatic heterocycles. The number of nitrogens with one attached hydrogen (secondary N) is 1. The summed E-state index contributed by atoms with van der Waals surface area (Å²) in [7, 11) is 0. The Kier molecular flexibility index (Phi) is 3.55. The van der Waals surface area contributed by atoms with E-state index in [4.69, 9.17) is 4.42 Å². The number of rotatable bonds is 4. The number of non-ortho nitro benzene ring substituents is 1. The van der Waals surface area contributed by atoms with Crippen LogP contribution >= 0.6 is 0 Å². The first-order valence-corrected chi connectivity index (χ1v) is 6.39. The van der Waals surface area contributed by atoms with Crippen LogP contribution in [-0.2, 0) is 4.79 Å². The van der Waals surface area contributed by atoms with Crippen LogP contribution in [-0.4, -0.2) is 39.6 Å². The third-order valence-corrected chi connectivity index (χ3v) is 2.97. The van der Waals surface area contributed by atoms with Crippen LogP contribution in [0.15, 0.2) is 40.0 Å². The van der Waals surface area contributed by atoms with E-state index < -0.39 is 16.9 Å². The molecule has 116 valence electrons. The minimum absolute atomic E-state index is 0.0280. The molecule has 0 spiro atoms. The first kappa shape index (κ1) is 14.4. The van der Waals surface area contributed by atoms with E-state index in [1.807, 2.05) is 0 Å². The predicted molar refractivity (Wildman–Crippen MR) is 76.4 cm³/mol. The van der Waals surface area contributed by atoms with E-state index in [1.54, 1.807) is 0 Å². The van der Waals surface area contributed by atoms with E-state index in [1.165, 1.54) is 36.7 Å². The van der Waals surface area contributed by atoms with E-state index in [9.17, 15) is 19.7 Å². The van der Waals surface area contributed by atoms with Crippen molar-refractivity contribution in [2.45, 2.75) is 0 Å². The summed E-state index contributed by atoms with van der Waals surface area (Å²) in [5.74, 6) is 0.0833. The monoisotopic (exact) mass is 315 g/mol. The average Bonchev–Trinajstić information content (AvgIpc) is 3.11. The molecule has 0 bridgehead atoms. The maximum atomic E-state index is 11.3. The first-order chi connectivity index (χ1) is 11.0. The Labute approximate surface area is 128 Å². The van der Waals surface area contributed by atoms with Crippen molar-refractivity contribution in [3.8, 4) is 11.3 Å². The fraction of sp³-hybridized carbons (Fsp3) is 0.0769. The van der Waals surface area contributed by atoms with Gasteiger partial charge in [0.1, 0.15) is 12.8 Å². The van der Waals surface area contributed by atoms with Crippen molar-refractivity contribution in [1.82, 2.24) is 15.3 Å². The van der Waals surface area contributed by atoms with Crippen molar-refractivity contribution in [1.29, 1.82) is 0 Å². The molecule has 10 heteroatoms. The largest absolute Gasteiger partial charge is 0.435 e. The zero-order valence-electron chi connectivity index (χ0n) is 11.5. The molecule has 2 heterocycles. The summed E-state index contributed by atoms with van der Waals surface area (Å²) in [6.45, 7) is -0.161. The van der Waals surface area contributed by atoms with E-state index in [-0.39, 0.29) is 18.1 Å². The second-order valence-electron chi connectivity index (χ2n) is 4.52.